The molecule has 0 radical (unpaired) electrons. The van der Waals surface area contributed by atoms with Gasteiger partial charge in [0.15, 0.2) is 5.16 Å². The van der Waals surface area contributed by atoms with Crippen molar-refractivity contribution in [2.75, 3.05) is 19.4 Å². The summed E-state index contributed by atoms with van der Waals surface area (Å²) < 4.78 is 7.26. The normalized spacial score (nSPS) is 17.8. The molecule has 1 aliphatic heterocycles. The molecule has 0 unspecified atom stereocenters. The van der Waals surface area contributed by atoms with Gasteiger partial charge in [0.25, 0.3) is 0 Å². The van der Waals surface area contributed by atoms with Gasteiger partial charge in [0, 0.05) is 12.6 Å². The second-order valence-corrected chi connectivity index (χ2v) is 6.82. The van der Waals surface area contributed by atoms with Crippen molar-refractivity contribution >= 4 is 17.7 Å². The van der Waals surface area contributed by atoms with E-state index in [1.54, 1.807) is 13.4 Å². The average molecular weight is 346 g/mol. The monoisotopic (exact) mass is 346 g/mol. The summed E-state index contributed by atoms with van der Waals surface area (Å²) in [5, 5.41) is 8.84. The van der Waals surface area contributed by atoms with Crippen LogP contribution in [0.2, 0.25) is 0 Å². The fourth-order valence-corrected chi connectivity index (χ4v) is 3.80. The molecule has 1 fully saturated rings. The zero-order valence-electron chi connectivity index (χ0n) is 14.0. The van der Waals surface area contributed by atoms with Gasteiger partial charge < -0.3 is 9.64 Å². The summed E-state index contributed by atoms with van der Waals surface area (Å²) in [6, 6.07) is 8.03. The fourth-order valence-electron chi connectivity index (χ4n) is 2.99. The number of amides is 1. The summed E-state index contributed by atoms with van der Waals surface area (Å²) in [5.74, 6) is 1.29. The number of likely N-dealkylation sites (tertiary alicyclic amines) is 1. The van der Waals surface area contributed by atoms with Crippen LogP contribution in [-0.4, -0.2) is 51.0 Å². The van der Waals surface area contributed by atoms with Gasteiger partial charge in [-0.25, -0.2) is 0 Å². The zero-order chi connectivity index (χ0) is 16.9. The molecule has 0 N–H and O–H groups in total. The molecule has 2 aromatic rings. The number of rotatable bonds is 5. The Bertz CT molecular complexity index is 703. The Kier molecular flexibility index (Phi) is 5.40. The number of hydrogen-bond acceptors (Lipinski definition) is 5. The lowest BCUT2D eigenvalue weighted by molar-refractivity contribution is -0.131. The lowest BCUT2D eigenvalue weighted by Crippen LogP contribution is -2.42. The lowest BCUT2D eigenvalue weighted by Gasteiger charge is -2.33. The predicted octanol–water partition coefficient (Wildman–Crippen LogP) is 2.77. The molecule has 6 nitrogen and oxygen atoms in total. The topological polar surface area (TPSA) is 60.2 Å². The van der Waals surface area contributed by atoms with Crippen molar-refractivity contribution in [2.24, 2.45) is 0 Å². The summed E-state index contributed by atoms with van der Waals surface area (Å²) in [6.45, 7) is 2.98. The number of piperidine rings is 1. The molecule has 0 aliphatic carbocycles. The van der Waals surface area contributed by atoms with Crippen molar-refractivity contribution in [3.8, 4) is 11.4 Å². The zero-order valence-corrected chi connectivity index (χ0v) is 14.8. The summed E-state index contributed by atoms with van der Waals surface area (Å²) in [5.41, 5.74) is 0.867. The Labute approximate surface area is 146 Å². The van der Waals surface area contributed by atoms with Crippen molar-refractivity contribution in [2.45, 2.75) is 37.4 Å². The minimum Gasteiger partial charge on any atom is -0.495 e. The fraction of sp³-hybridized carbons (Fsp3) is 0.471. The average Bonchev–Trinajstić information content (AvgIpc) is 3.08. The van der Waals surface area contributed by atoms with E-state index in [1.807, 2.05) is 33.7 Å². The van der Waals surface area contributed by atoms with Gasteiger partial charge in [-0.05, 0) is 38.3 Å². The Morgan fingerprint density at radius 2 is 2.21 bits per heavy atom. The summed E-state index contributed by atoms with van der Waals surface area (Å²) >= 11 is 1.41. The number of carbonyl (C=O) groups excluding carboxylic acids is 1. The molecule has 1 aromatic heterocycles. The number of para-hydroxylation sites is 2. The van der Waals surface area contributed by atoms with Crippen LogP contribution in [0.15, 0.2) is 35.7 Å². The van der Waals surface area contributed by atoms with Crippen LogP contribution in [-0.2, 0) is 4.79 Å². The van der Waals surface area contributed by atoms with Gasteiger partial charge in [-0.1, -0.05) is 23.9 Å². The summed E-state index contributed by atoms with van der Waals surface area (Å²) in [4.78, 5) is 14.5. The van der Waals surface area contributed by atoms with Gasteiger partial charge in [-0.2, -0.15) is 0 Å². The molecule has 0 spiro atoms. The molecule has 7 heteroatoms. The third kappa shape index (κ3) is 3.56. The molecule has 2 heterocycles. The SMILES string of the molecule is COc1ccccc1-n1cnnc1SCC(=O)N1CCCC[C@H]1C. The van der Waals surface area contributed by atoms with Crippen LogP contribution in [0.4, 0.5) is 0 Å². The number of carbonyl (C=O) groups is 1. The van der Waals surface area contributed by atoms with E-state index in [-0.39, 0.29) is 5.91 Å². The van der Waals surface area contributed by atoms with Crippen LogP contribution in [0.5, 0.6) is 5.75 Å². The molecule has 1 saturated heterocycles. The Balaban J connectivity index is 1.71. The number of methoxy groups -OCH3 is 1. The number of benzene rings is 1. The maximum Gasteiger partial charge on any atom is 0.233 e. The standard InChI is InChI=1S/C17H22N4O2S/c1-13-7-5-6-10-20(13)16(22)11-24-17-19-18-12-21(17)14-8-3-4-9-15(14)23-2/h3-4,8-9,12-13H,5-7,10-11H2,1-2H3/t13-/m1/s1. The number of thioether (sulfide) groups is 1. The summed E-state index contributed by atoms with van der Waals surface area (Å²) in [7, 11) is 1.64. The largest absolute Gasteiger partial charge is 0.495 e. The second kappa shape index (κ2) is 7.70. The second-order valence-electron chi connectivity index (χ2n) is 5.88. The maximum absolute atomic E-state index is 12.5. The molecule has 1 amide bonds. The minimum atomic E-state index is 0.168. The van der Waals surface area contributed by atoms with E-state index < -0.39 is 0 Å². The molecule has 128 valence electrons. The Morgan fingerprint density at radius 1 is 1.38 bits per heavy atom. The van der Waals surface area contributed by atoms with E-state index in [9.17, 15) is 4.79 Å². The highest BCUT2D eigenvalue weighted by Gasteiger charge is 2.23. The molecule has 1 aliphatic rings. The number of ether oxygens (including phenoxy) is 1. The lowest BCUT2D eigenvalue weighted by atomic mass is 10.0. The van der Waals surface area contributed by atoms with Gasteiger partial charge >= 0.3 is 0 Å². The molecule has 1 atom stereocenters. The molecule has 0 saturated carbocycles. The first kappa shape index (κ1) is 16.8. The van der Waals surface area contributed by atoms with E-state index >= 15 is 0 Å². The van der Waals surface area contributed by atoms with Crippen molar-refractivity contribution in [1.29, 1.82) is 0 Å². The first-order valence-electron chi connectivity index (χ1n) is 8.16. The molecule has 3 rings (SSSR count). The van der Waals surface area contributed by atoms with Crippen LogP contribution in [0.25, 0.3) is 5.69 Å². The minimum absolute atomic E-state index is 0.168. The Morgan fingerprint density at radius 3 is 3.00 bits per heavy atom. The van der Waals surface area contributed by atoms with Crippen LogP contribution in [0.3, 0.4) is 0 Å². The van der Waals surface area contributed by atoms with E-state index in [4.69, 9.17) is 4.74 Å². The van der Waals surface area contributed by atoms with Gasteiger partial charge in [0.05, 0.1) is 18.6 Å². The third-order valence-electron chi connectivity index (χ3n) is 4.31. The van der Waals surface area contributed by atoms with Gasteiger partial charge in [-0.15, -0.1) is 10.2 Å². The van der Waals surface area contributed by atoms with Gasteiger partial charge in [0.1, 0.15) is 12.1 Å². The van der Waals surface area contributed by atoms with Crippen molar-refractivity contribution < 1.29 is 9.53 Å². The number of nitrogens with zero attached hydrogens (tertiary/aromatic N) is 4. The van der Waals surface area contributed by atoms with Crippen molar-refractivity contribution in [3.05, 3.63) is 30.6 Å². The summed E-state index contributed by atoms with van der Waals surface area (Å²) in [6.07, 6.45) is 5.04. The smallest absolute Gasteiger partial charge is 0.233 e. The maximum atomic E-state index is 12.5. The van der Waals surface area contributed by atoms with Crippen LogP contribution in [0.1, 0.15) is 26.2 Å². The van der Waals surface area contributed by atoms with Gasteiger partial charge in [0.2, 0.25) is 5.91 Å². The molecular weight excluding hydrogens is 324 g/mol. The van der Waals surface area contributed by atoms with E-state index in [0.717, 1.165) is 30.8 Å². The van der Waals surface area contributed by atoms with Crippen LogP contribution in [0, 0.1) is 0 Å². The predicted molar refractivity (Wildman–Crippen MR) is 93.7 cm³/mol. The molecule has 0 bridgehead atoms. The van der Waals surface area contributed by atoms with E-state index in [2.05, 4.69) is 17.1 Å². The quantitative estimate of drug-likeness (QED) is 0.779. The molecular formula is C17H22N4O2S. The molecule has 1 aromatic carbocycles. The highest BCUT2D eigenvalue weighted by atomic mass is 32.2. The van der Waals surface area contributed by atoms with Crippen LogP contribution >= 0.6 is 11.8 Å². The first-order chi connectivity index (χ1) is 11.7. The number of aromatic nitrogens is 3. The van der Waals surface area contributed by atoms with Crippen molar-refractivity contribution in [3.63, 3.8) is 0 Å². The van der Waals surface area contributed by atoms with Crippen LogP contribution < -0.4 is 4.74 Å². The highest BCUT2D eigenvalue weighted by Crippen LogP contribution is 2.27. The Hall–Kier alpha value is -2.02. The van der Waals surface area contributed by atoms with Gasteiger partial charge in [-0.3, -0.25) is 9.36 Å². The van der Waals surface area contributed by atoms with E-state index in [0.29, 0.717) is 17.0 Å². The van der Waals surface area contributed by atoms with Crippen molar-refractivity contribution in [1.82, 2.24) is 19.7 Å². The highest BCUT2D eigenvalue weighted by molar-refractivity contribution is 7.99. The molecule has 24 heavy (non-hydrogen) atoms. The van der Waals surface area contributed by atoms with E-state index in [1.165, 1.54) is 18.2 Å². The third-order valence-corrected chi connectivity index (χ3v) is 5.24. The number of hydrogen-bond donors (Lipinski definition) is 0. The first-order valence-corrected chi connectivity index (χ1v) is 9.15.